The summed E-state index contributed by atoms with van der Waals surface area (Å²) >= 11 is 0. The Kier molecular flexibility index (Phi) is 5.73. The van der Waals surface area contributed by atoms with E-state index in [4.69, 9.17) is 5.11 Å². The highest BCUT2D eigenvalue weighted by Gasteiger charge is 2.10. The molecule has 0 aliphatic heterocycles. The highest BCUT2D eigenvalue weighted by atomic mass is 32.2. The molecule has 1 aromatic rings. The van der Waals surface area contributed by atoms with Gasteiger partial charge < -0.3 is 5.11 Å². The van der Waals surface area contributed by atoms with Crippen LogP contribution in [0, 0.1) is 0 Å². The fraction of sp³-hybridized carbons (Fsp3) is 0.455. The predicted octanol–water partition coefficient (Wildman–Crippen LogP) is 0.408. The molecule has 1 heterocycles. The van der Waals surface area contributed by atoms with Crippen molar-refractivity contribution < 1.29 is 18.3 Å². The lowest BCUT2D eigenvalue weighted by Crippen LogP contribution is -2.28. The smallest absolute Gasteiger partial charge is 0.303 e. The van der Waals surface area contributed by atoms with Gasteiger partial charge in [0, 0.05) is 31.3 Å². The minimum absolute atomic E-state index is 0.119. The number of pyridine rings is 1. The number of sulfonamides is 1. The minimum atomic E-state index is -3.39. The van der Waals surface area contributed by atoms with E-state index in [2.05, 4.69) is 9.71 Å². The van der Waals surface area contributed by atoms with E-state index in [0.29, 0.717) is 6.42 Å². The topological polar surface area (TPSA) is 96.4 Å². The fourth-order valence-electron chi connectivity index (χ4n) is 1.37. The molecule has 18 heavy (non-hydrogen) atoms. The third kappa shape index (κ3) is 6.31. The predicted molar refractivity (Wildman–Crippen MR) is 66.6 cm³/mol. The molecule has 1 aromatic heterocycles. The summed E-state index contributed by atoms with van der Waals surface area (Å²) in [6.45, 7) is 0.270. The van der Waals surface area contributed by atoms with E-state index >= 15 is 0 Å². The molecule has 2 N–H and O–H groups in total. The first-order valence-electron chi connectivity index (χ1n) is 5.59. The molecule has 0 spiro atoms. The van der Waals surface area contributed by atoms with Gasteiger partial charge >= 0.3 is 5.97 Å². The van der Waals surface area contributed by atoms with Gasteiger partial charge in [-0.05, 0) is 18.6 Å². The Bertz CT molecular complexity index is 473. The lowest BCUT2D eigenvalue weighted by Gasteiger charge is -2.05. The Morgan fingerprint density at radius 1 is 1.39 bits per heavy atom. The van der Waals surface area contributed by atoms with Gasteiger partial charge in [0.15, 0.2) is 0 Å². The van der Waals surface area contributed by atoms with E-state index in [1.807, 2.05) is 12.1 Å². The molecule has 0 fully saturated rings. The van der Waals surface area contributed by atoms with Crippen molar-refractivity contribution in [1.82, 2.24) is 9.71 Å². The summed E-state index contributed by atoms with van der Waals surface area (Å²) in [4.78, 5) is 14.3. The Morgan fingerprint density at radius 3 is 2.78 bits per heavy atom. The van der Waals surface area contributed by atoms with Gasteiger partial charge in [-0.25, -0.2) is 13.1 Å². The van der Waals surface area contributed by atoms with E-state index in [1.54, 1.807) is 12.3 Å². The van der Waals surface area contributed by atoms with Crippen LogP contribution in [0.15, 0.2) is 24.4 Å². The standard InChI is InChI=1S/C11H16N2O4S/c14-11(15)5-3-9-18(16,17)13-8-6-10-4-1-2-7-12-10/h1-2,4,7,13H,3,5-6,8-9H2,(H,14,15). The number of hydrogen-bond acceptors (Lipinski definition) is 4. The molecule has 6 nitrogen and oxygen atoms in total. The maximum absolute atomic E-state index is 11.5. The lowest BCUT2D eigenvalue weighted by molar-refractivity contribution is -0.137. The van der Waals surface area contributed by atoms with Crippen LogP contribution in [0.5, 0.6) is 0 Å². The number of carboxylic acids is 1. The van der Waals surface area contributed by atoms with E-state index < -0.39 is 16.0 Å². The summed E-state index contributed by atoms with van der Waals surface area (Å²) in [5, 5.41) is 8.41. The highest BCUT2D eigenvalue weighted by Crippen LogP contribution is 1.97. The number of carboxylic acid groups (broad SMARTS) is 1. The van der Waals surface area contributed by atoms with Crippen LogP contribution in [0.1, 0.15) is 18.5 Å². The zero-order valence-electron chi connectivity index (χ0n) is 9.87. The van der Waals surface area contributed by atoms with Gasteiger partial charge in [-0.1, -0.05) is 6.07 Å². The molecule has 1 rings (SSSR count). The van der Waals surface area contributed by atoms with Crippen molar-refractivity contribution in [2.75, 3.05) is 12.3 Å². The Labute approximate surface area is 106 Å². The summed E-state index contributed by atoms with van der Waals surface area (Å²) < 4.78 is 25.4. The maximum Gasteiger partial charge on any atom is 0.303 e. The van der Waals surface area contributed by atoms with Crippen LogP contribution < -0.4 is 4.72 Å². The van der Waals surface area contributed by atoms with E-state index in [0.717, 1.165) is 5.69 Å². The third-order valence-electron chi connectivity index (χ3n) is 2.23. The van der Waals surface area contributed by atoms with Crippen molar-refractivity contribution in [1.29, 1.82) is 0 Å². The quantitative estimate of drug-likeness (QED) is 0.714. The first-order chi connectivity index (χ1) is 8.49. The summed E-state index contributed by atoms with van der Waals surface area (Å²) in [5.41, 5.74) is 0.811. The molecule has 0 aromatic carbocycles. The van der Waals surface area contributed by atoms with Gasteiger partial charge in [0.05, 0.1) is 5.75 Å². The number of hydrogen-bond donors (Lipinski definition) is 2. The molecule has 0 unspecified atom stereocenters. The number of aromatic nitrogens is 1. The van der Waals surface area contributed by atoms with Gasteiger partial charge in [0.2, 0.25) is 10.0 Å². The van der Waals surface area contributed by atoms with Crippen molar-refractivity contribution >= 4 is 16.0 Å². The fourth-order valence-corrected chi connectivity index (χ4v) is 2.45. The molecule has 0 bridgehead atoms. The number of carbonyl (C=O) groups is 1. The van der Waals surface area contributed by atoms with Crippen LogP contribution >= 0.6 is 0 Å². The van der Waals surface area contributed by atoms with E-state index in [9.17, 15) is 13.2 Å². The van der Waals surface area contributed by atoms with Gasteiger partial charge in [0.25, 0.3) is 0 Å². The monoisotopic (exact) mass is 272 g/mol. The summed E-state index contributed by atoms with van der Waals surface area (Å²) in [6.07, 6.45) is 2.14. The molecule has 0 amide bonds. The number of aliphatic carboxylic acids is 1. The van der Waals surface area contributed by atoms with Crippen LogP contribution in [0.2, 0.25) is 0 Å². The number of nitrogens with one attached hydrogen (secondary N) is 1. The van der Waals surface area contributed by atoms with Crippen LogP contribution in [-0.2, 0) is 21.2 Å². The summed E-state index contributed by atoms with van der Waals surface area (Å²) in [7, 11) is -3.39. The molecule has 0 saturated carbocycles. The van der Waals surface area contributed by atoms with Gasteiger partial charge in [0.1, 0.15) is 0 Å². The second-order valence-electron chi connectivity index (χ2n) is 3.78. The zero-order valence-corrected chi connectivity index (χ0v) is 10.7. The molecule has 0 aliphatic rings. The summed E-state index contributed by atoms with van der Waals surface area (Å²) in [6, 6.07) is 5.45. The molecule has 0 radical (unpaired) electrons. The van der Waals surface area contributed by atoms with Crippen LogP contribution in [-0.4, -0.2) is 36.8 Å². The largest absolute Gasteiger partial charge is 0.481 e. The molecule has 0 atom stereocenters. The van der Waals surface area contributed by atoms with Crippen molar-refractivity contribution in [3.63, 3.8) is 0 Å². The maximum atomic E-state index is 11.5. The molecular formula is C11H16N2O4S. The molecular weight excluding hydrogens is 256 g/mol. The normalized spacial score (nSPS) is 11.3. The first-order valence-corrected chi connectivity index (χ1v) is 7.24. The average Bonchev–Trinajstić information content (AvgIpc) is 2.29. The van der Waals surface area contributed by atoms with Gasteiger partial charge in [-0.2, -0.15) is 0 Å². The van der Waals surface area contributed by atoms with E-state index in [-0.39, 0.29) is 25.1 Å². The van der Waals surface area contributed by atoms with Crippen molar-refractivity contribution in [3.8, 4) is 0 Å². The molecule has 0 aliphatic carbocycles. The number of rotatable bonds is 8. The SMILES string of the molecule is O=C(O)CCCS(=O)(=O)NCCc1ccccn1. The van der Waals surface area contributed by atoms with Crippen LogP contribution in [0.25, 0.3) is 0 Å². The minimum Gasteiger partial charge on any atom is -0.481 e. The van der Waals surface area contributed by atoms with Crippen molar-refractivity contribution in [2.45, 2.75) is 19.3 Å². The highest BCUT2D eigenvalue weighted by molar-refractivity contribution is 7.89. The second-order valence-corrected chi connectivity index (χ2v) is 5.71. The Balaban J connectivity index is 2.27. The lowest BCUT2D eigenvalue weighted by atomic mass is 10.3. The molecule has 100 valence electrons. The third-order valence-corrected chi connectivity index (χ3v) is 3.70. The van der Waals surface area contributed by atoms with Crippen molar-refractivity contribution in [2.24, 2.45) is 0 Å². The van der Waals surface area contributed by atoms with Gasteiger partial charge in [-0.3, -0.25) is 9.78 Å². The zero-order chi connectivity index (χ0) is 13.4. The number of nitrogens with zero attached hydrogens (tertiary/aromatic N) is 1. The second kappa shape index (κ2) is 7.07. The van der Waals surface area contributed by atoms with E-state index in [1.165, 1.54) is 0 Å². The summed E-state index contributed by atoms with van der Waals surface area (Å²) in [5.74, 6) is -1.15. The van der Waals surface area contributed by atoms with Crippen LogP contribution in [0.3, 0.4) is 0 Å². The molecule has 0 saturated heterocycles. The Hall–Kier alpha value is -1.47. The van der Waals surface area contributed by atoms with Crippen LogP contribution in [0.4, 0.5) is 0 Å². The Morgan fingerprint density at radius 2 is 2.17 bits per heavy atom. The van der Waals surface area contributed by atoms with Gasteiger partial charge in [-0.15, -0.1) is 0 Å². The molecule has 7 heteroatoms. The average molecular weight is 272 g/mol. The first kappa shape index (κ1) is 14.6. The van der Waals surface area contributed by atoms with Crippen molar-refractivity contribution in [3.05, 3.63) is 30.1 Å².